The number of aliphatic hydroxyl groups is 1. The van der Waals surface area contributed by atoms with E-state index in [9.17, 15) is 14.7 Å². The average molecular weight is 552 g/mol. The normalized spacial score (nSPS) is 18.9. The Bertz CT molecular complexity index is 1190. The van der Waals surface area contributed by atoms with Crippen molar-refractivity contribution in [2.24, 2.45) is 0 Å². The monoisotopic (exact) mass is 551 g/mol. The fourth-order valence-electron chi connectivity index (χ4n) is 4.19. The summed E-state index contributed by atoms with van der Waals surface area (Å²) >= 11 is 1.54. The summed E-state index contributed by atoms with van der Waals surface area (Å²) in [5, 5.41) is 21.7. The van der Waals surface area contributed by atoms with Gasteiger partial charge in [-0.25, -0.2) is 9.97 Å². The number of aliphatic carboxylic acids is 1. The summed E-state index contributed by atoms with van der Waals surface area (Å²) in [5.41, 5.74) is 3.69. The highest BCUT2D eigenvalue weighted by Crippen LogP contribution is 2.39. The molecule has 0 bridgehead atoms. The molecule has 4 rings (SSSR count). The lowest BCUT2D eigenvalue weighted by molar-refractivity contribution is -0.245. The van der Waals surface area contributed by atoms with Gasteiger partial charge in [-0.2, -0.15) is 0 Å². The van der Waals surface area contributed by atoms with Crippen LogP contribution in [0.4, 0.5) is 0 Å². The number of aliphatic hydroxyl groups excluding tert-OH is 1. The first-order valence-electron chi connectivity index (χ1n) is 13.0. The van der Waals surface area contributed by atoms with Crippen LogP contribution in [0.2, 0.25) is 0 Å². The molecule has 1 aliphatic rings. The molecule has 1 aromatic heterocycles. The molecule has 3 aromatic rings. The number of carboxylic acid groups (broad SMARTS) is 1. The number of hydrogen-bond acceptors (Lipinski definition) is 8. The van der Waals surface area contributed by atoms with Crippen molar-refractivity contribution in [3.63, 3.8) is 0 Å². The predicted molar refractivity (Wildman–Crippen MR) is 146 cm³/mol. The highest BCUT2D eigenvalue weighted by molar-refractivity contribution is 7.99. The molecule has 3 unspecified atom stereocenters. The van der Waals surface area contributed by atoms with Crippen molar-refractivity contribution in [3.8, 4) is 0 Å². The van der Waals surface area contributed by atoms with Gasteiger partial charge in [-0.05, 0) is 35.6 Å². The Balaban J connectivity index is 1.37. The molecule has 2 heterocycles. The van der Waals surface area contributed by atoms with E-state index in [0.29, 0.717) is 43.1 Å². The van der Waals surface area contributed by atoms with Crippen LogP contribution in [-0.2, 0) is 32.2 Å². The minimum atomic E-state index is -0.845. The summed E-state index contributed by atoms with van der Waals surface area (Å²) in [6.07, 6.45) is 4.69. The average Bonchev–Trinajstić information content (AvgIpc) is 2.98. The molecule has 1 saturated heterocycles. The number of benzene rings is 2. The number of ether oxygens (including phenoxy) is 2. The van der Waals surface area contributed by atoms with Crippen molar-refractivity contribution in [1.82, 2.24) is 15.3 Å². The Morgan fingerprint density at radius 3 is 2.28 bits per heavy atom. The Morgan fingerprint density at radius 2 is 1.59 bits per heavy atom. The van der Waals surface area contributed by atoms with Crippen LogP contribution >= 0.6 is 11.8 Å². The standard InChI is InChI=1S/C29H33N3O6S/c33-18-21-8-10-22(11-9-21)25-16-24(19-39-29-30-14-3-15-31-29)37-28(38-25)23-12-6-20(7-13-23)17-32-26(34)4-1-2-5-27(35)36/h3,6-15,24-25,28,33H,1-2,4-5,16-19H2,(H,32,34)(H,35,36). The van der Waals surface area contributed by atoms with Gasteiger partial charge >= 0.3 is 5.97 Å². The maximum absolute atomic E-state index is 12.1. The maximum Gasteiger partial charge on any atom is 0.303 e. The van der Waals surface area contributed by atoms with Crippen LogP contribution in [0.15, 0.2) is 72.1 Å². The zero-order valence-electron chi connectivity index (χ0n) is 21.6. The molecule has 1 aliphatic heterocycles. The Morgan fingerprint density at radius 1 is 0.923 bits per heavy atom. The number of hydrogen-bond donors (Lipinski definition) is 3. The minimum absolute atomic E-state index is 0.00853. The predicted octanol–water partition coefficient (Wildman–Crippen LogP) is 4.57. The van der Waals surface area contributed by atoms with Gasteiger partial charge < -0.3 is 25.0 Å². The first-order chi connectivity index (χ1) is 19.0. The molecule has 1 fully saturated rings. The number of carbonyl (C=O) groups excluding carboxylic acids is 1. The maximum atomic E-state index is 12.1. The van der Waals surface area contributed by atoms with Crippen molar-refractivity contribution < 1.29 is 29.3 Å². The smallest absolute Gasteiger partial charge is 0.303 e. The molecular weight excluding hydrogens is 518 g/mol. The highest BCUT2D eigenvalue weighted by Gasteiger charge is 2.32. The molecule has 39 heavy (non-hydrogen) atoms. The van der Waals surface area contributed by atoms with Crippen molar-refractivity contribution >= 4 is 23.6 Å². The number of unbranched alkanes of at least 4 members (excludes halogenated alkanes) is 1. The zero-order chi connectivity index (χ0) is 27.5. The second kappa shape index (κ2) is 14.7. The number of carbonyl (C=O) groups is 2. The van der Waals surface area contributed by atoms with Crippen LogP contribution in [-0.4, -0.2) is 43.9 Å². The molecule has 2 aromatic carbocycles. The lowest BCUT2D eigenvalue weighted by atomic mass is 10.0. The summed E-state index contributed by atoms with van der Waals surface area (Å²) in [4.78, 5) is 31.2. The third-order valence-electron chi connectivity index (χ3n) is 6.34. The van der Waals surface area contributed by atoms with Gasteiger partial charge in [-0.15, -0.1) is 0 Å². The topological polar surface area (TPSA) is 131 Å². The molecule has 3 N–H and O–H groups in total. The van der Waals surface area contributed by atoms with Gasteiger partial charge in [-0.1, -0.05) is 60.3 Å². The quantitative estimate of drug-likeness (QED) is 0.159. The van der Waals surface area contributed by atoms with Crippen molar-refractivity contribution in [1.29, 1.82) is 0 Å². The van der Waals surface area contributed by atoms with E-state index >= 15 is 0 Å². The second-order valence-corrected chi connectivity index (χ2v) is 10.3. The number of aromatic nitrogens is 2. The summed E-state index contributed by atoms with van der Waals surface area (Å²) in [6, 6.07) is 17.3. The molecule has 0 aliphatic carbocycles. The summed E-state index contributed by atoms with van der Waals surface area (Å²) in [7, 11) is 0. The number of rotatable bonds is 13. The number of thioether (sulfide) groups is 1. The van der Waals surface area contributed by atoms with E-state index in [-0.39, 0.29) is 31.1 Å². The first kappa shape index (κ1) is 28.7. The van der Waals surface area contributed by atoms with Gasteiger partial charge in [0.15, 0.2) is 11.4 Å². The van der Waals surface area contributed by atoms with Gasteiger partial charge in [0.2, 0.25) is 5.91 Å². The van der Waals surface area contributed by atoms with E-state index in [1.165, 1.54) is 0 Å². The highest BCUT2D eigenvalue weighted by atomic mass is 32.2. The third kappa shape index (κ3) is 9.14. The van der Waals surface area contributed by atoms with E-state index in [1.807, 2.05) is 48.5 Å². The molecule has 0 radical (unpaired) electrons. The van der Waals surface area contributed by atoms with Crippen LogP contribution in [0.5, 0.6) is 0 Å². The molecule has 0 spiro atoms. The fraction of sp³-hybridized carbons (Fsp3) is 0.379. The SMILES string of the molecule is O=C(O)CCCCC(=O)NCc1ccc(C2OC(CSc3ncccn3)CC(c3ccc(CO)cc3)O2)cc1. The summed E-state index contributed by atoms with van der Waals surface area (Å²) in [6.45, 7) is 0.381. The first-order valence-corrected chi connectivity index (χ1v) is 14.0. The molecule has 10 heteroatoms. The van der Waals surface area contributed by atoms with Crippen LogP contribution in [0.25, 0.3) is 0 Å². The van der Waals surface area contributed by atoms with Gasteiger partial charge in [0, 0.05) is 49.5 Å². The van der Waals surface area contributed by atoms with E-state index in [4.69, 9.17) is 14.6 Å². The van der Waals surface area contributed by atoms with Gasteiger partial charge in [0.1, 0.15) is 0 Å². The van der Waals surface area contributed by atoms with Crippen molar-refractivity contribution in [2.45, 2.75) is 68.9 Å². The Labute approximate surface area is 232 Å². The summed E-state index contributed by atoms with van der Waals surface area (Å²) in [5.74, 6) is -0.269. The van der Waals surface area contributed by atoms with E-state index in [0.717, 1.165) is 22.3 Å². The van der Waals surface area contributed by atoms with Crippen molar-refractivity contribution in [3.05, 3.63) is 89.2 Å². The zero-order valence-corrected chi connectivity index (χ0v) is 22.4. The lowest BCUT2D eigenvalue weighted by Crippen LogP contribution is -2.31. The third-order valence-corrected chi connectivity index (χ3v) is 7.35. The van der Waals surface area contributed by atoms with Crippen molar-refractivity contribution in [2.75, 3.05) is 5.75 Å². The number of nitrogens with one attached hydrogen (secondary N) is 1. The molecule has 9 nitrogen and oxygen atoms in total. The Kier molecular flexibility index (Phi) is 10.8. The van der Waals surface area contributed by atoms with Crippen LogP contribution in [0.3, 0.4) is 0 Å². The number of amides is 1. The second-order valence-electron chi connectivity index (χ2n) is 9.31. The fourth-order valence-corrected chi connectivity index (χ4v) is 5.01. The minimum Gasteiger partial charge on any atom is -0.481 e. The van der Waals surface area contributed by atoms with E-state index in [2.05, 4.69) is 15.3 Å². The Hall–Kier alpha value is -3.31. The number of nitrogens with zero attached hydrogens (tertiary/aromatic N) is 2. The van der Waals surface area contributed by atoms with Crippen LogP contribution in [0.1, 0.15) is 66.8 Å². The lowest BCUT2D eigenvalue weighted by Gasteiger charge is -2.36. The van der Waals surface area contributed by atoms with Gasteiger partial charge in [0.25, 0.3) is 0 Å². The summed E-state index contributed by atoms with van der Waals surface area (Å²) < 4.78 is 12.7. The number of carboxylic acids is 1. The molecular formula is C29H33N3O6S. The van der Waals surface area contributed by atoms with Gasteiger partial charge in [-0.3, -0.25) is 9.59 Å². The molecule has 1 amide bonds. The van der Waals surface area contributed by atoms with E-state index < -0.39 is 12.3 Å². The van der Waals surface area contributed by atoms with Crippen LogP contribution < -0.4 is 5.32 Å². The molecule has 3 atom stereocenters. The largest absolute Gasteiger partial charge is 0.481 e. The van der Waals surface area contributed by atoms with E-state index in [1.54, 1.807) is 30.2 Å². The molecule has 0 saturated carbocycles. The van der Waals surface area contributed by atoms with Gasteiger partial charge in [0.05, 0.1) is 18.8 Å². The molecule has 206 valence electrons. The van der Waals surface area contributed by atoms with Crippen LogP contribution in [0, 0.1) is 0 Å².